The molecular weight excluding hydrogens is 359 g/mol. The lowest BCUT2D eigenvalue weighted by molar-refractivity contribution is 0.315. The van der Waals surface area contributed by atoms with E-state index in [2.05, 4.69) is 10.0 Å². The van der Waals surface area contributed by atoms with Gasteiger partial charge in [-0.2, -0.15) is 0 Å². The van der Waals surface area contributed by atoms with Crippen molar-refractivity contribution in [3.63, 3.8) is 0 Å². The molecule has 8 heteroatoms. The maximum Gasteiger partial charge on any atom is 0.240 e. The van der Waals surface area contributed by atoms with E-state index in [1.165, 1.54) is 25.3 Å². The van der Waals surface area contributed by atoms with Crippen LogP contribution in [0.1, 0.15) is 12.8 Å². The number of hydrogen-bond donors (Lipinski definition) is 2. The van der Waals surface area contributed by atoms with Crippen molar-refractivity contribution < 1.29 is 22.3 Å². The van der Waals surface area contributed by atoms with Crippen LogP contribution in [0.25, 0.3) is 0 Å². The molecule has 0 aromatic heterocycles. The van der Waals surface area contributed by atoms with E-state index >= 15 is 0 Å². The van der Waals surface area contributed by atoms with Crippen LogP contribution in [0, 0.1) is 5.82 Å². The minimum atomic E-state index is -3.55. The van der Waals surface area contributed by atoms with Crippen molar-refractivity contribution in [3.05, 3.63) is 48.3 Å². The average Bonchev–Trinajstić information content (AvgIpc) is 3.43. The Hall–Kier alpha value is -2.32. The van der Waals surface area contributed by atoms with Gasteiger partial charge in [0.2, 0.25) is 10.0 Å². The first-order valence-corrected chi connectivity index (χ1v) is 9.79. The van der Waals surface area contributed by atoms with Gasteiger partial charge in [0.1, 0.15) is 12.4 Å². The third kappa shape index (κ3) is 4.64. The molecule has 2 N–H and O–H groups in total. The number of methoxy groups -OCH3 is 1. The summed E-state index contributed by atoms with van der Waals surface area (Å²) in [6.07, 6.45) is 1.74. The van der Waals surface area contributed by atoms with Gasteiger partial charge in [-0.25, -0.2) is 17.5 Å². The molecule has 0 heterocycles. The molecule has 0 atom stereocenters. The second-order valence-electron chi connectivity index (χ2n) is 5.96. The van der Waals surface area contributed by atoms with Crippen LogP contribution in [-0.4, -0.2) is 34.7 Å². The van der Waals surface area contributed by atoms with E-state index in [0.717, 1.165) is 12.8 Å². The lowest BCUT2D eigenvalue weighted by atomic mass is 10.3. The first kappa shape index (κ1) is 18.5. The molecule has 26 heavy (non-hydrogen) atoms. The molecule has 1 saturated carbocycles. The molecule has 0 radical (unpaired) electrons. The maximum absolute atomic E-state index is 13.5. The fourth-order valence-corrected chi connectivity index (χ4v) is 3.72. The van der Waals surface area contributed by atoms with Gasteiger partial charge < -0.3 is 14.8 Å². The van der Waals surface area contributed by atoms with Gasteiger partial charge in [0.25, 0.3) is 0 Å². The number of halogens is 1. The van der Waals surface area contributed by atoms with Crippen LogP contribution in [0.4, 0.5) is 10.1 Å². The van der Waals surface area contributed by atoms with E-state index in [1.807, 2.05) is 0 Å². The summed E-state index contributed by atoms with van der Waals surface area (Å²) in [5, 5.41) is 3.07. The zero-order valence-electron chi connectivity index (χ0n) is 14.4. The highest BCUT2D eigenvalue weighted by atomic mass is 32.2. The Balaban J connectivity index is 1.64. The normalized spacial score (nSPS) is 14.1. The zero-order chi connectivity index (χ0) is 18.6. The van der Waals surface area contributed by atoms with Crippen molar-refractivity contribution in [1.29, 1.82) is 0 Å². The van der Waals surface area contributed by atoms with E-state index < -0.39 is 15.8 Å². The number of anilines is 1. The van der Waals surface area contributed by atoms with E-state index in [1.54, 1.807) is 24.3 Å². The molecule has 1 aliphatic carbocycles. The van der Waals surface area contributed by atoms with Crippen molar-refractivity contribution in [3.8, 4) is 11.5 Å². The fraction of sp³-hybridized carbons (Fsp3) is 0.333. The van der Waals surface area contributed by atoms with Gasteiger partial charge in [0.05, 0.1) is 17.7 Å². The van der Waals surface area contributed by atoms with Gasteiger partial charge >= 0.3 is 0 Å². The molecular formula is C18H21FN2O4S. The summed E-state index contributed by atoms with van der Waals surface area (Å²) in [6.45, 7) is 0.561. The number of nitrogens with one attached hydrogen (secondary N) is 2. The second kappa shape index (κ2) is 7.92. The summed E-state index contributed by atoms with van der Waals surface area (Å²) in [4.78, 5) is 0.169. The highest BCUT2D eigenvalue weighted by Gasteiger charge is 2.28. The van der Waals surface area contributed by atoms with Crippen LogP contribution in [0.5, 0.6) is 11.5 Å². The van der Waals surface area contributed by atoms with Crippen LogP contribution in [0.3, 0.4) is 0 Å². The Morgan fingerprint density at radius 3 is 2.62 bits per heavy atom. The van der Waals surface area contributed by atoms with Crippen LogP contribution < -0.4 is 19.5 Å². The Morgan fingerprint density at radius 1 is 1.15 bits per heavy atom. The van der Waals surface area contributed by atoms with E-state index in [4.69, 9.17) is 9.47 Å². The molecule has 0 aliphatic heterocycles. The molecule has 2 aromatic rings. The molecule has 0 spiro atoms. The Labute approximate surface area is 152 Å². The maximum atomic E-state index is 13.5. The Kier molecular flexibility index (Phi) is 5.63. The number of ether oxygens (including phenoxy) is 2. The smallest absolute Gasteiger partial charge is 0.240 e. The number of rotatable bonds is 9. The Morgan fingerprint density at radius 2 is 1.92 bits per heavy atom. The molecule has 0 unspecified atom stereocenters. The number of benzene rings is 2. The highest BCUT2D eigenvalue weighted by Crippen LogP contribution is 2.29. The van der Waals surface area contributed by atoms with Crippen molar-refractivity contribution in [2.45, 2.75) is 23.8 Å². The van der Waals surface area contributed by atoms with Gasteiger partial charge in [-0.3, -0.25) is 0 Å². The second-order valence-corrected chi connectivity index (χ2v) is 7.68. The van der Waals surface area contributed by atoms with Gasteiger partial charge in [0, 0.05) is 12.6 Å². The van der Waals surface area contributed by atoms with E-state index in [9.17, 15) is 12.8 Å². The Bertz CT molecular complexity index is 869. The van der Waals surface area contributed by atoms with Crippen molar-refractivity contribution >= 4 is 15.7 Å². The third-order valence-electron chi connectivity index (χ3n) is 3.89. The quantitative estimate of drug-likeness (QED) is 0.654. The summed E-state index contributed by atoms with van der Waals surface area (Å²) in [5.41, 5.74) is 0.531. The molecule has 140 valence electrons. The van der Waals surface area contributed by atoms with Gasteiger partial charge in [0.15, 0.2) is 11.6 Å². The third-order valence-corrected chi connectivity index (χ3v) is 5.41. The van der Waals surface area contributed by atoms with Crippen molar-refractivity contribution in [2.75, 3.05) is 25.6 Å². The zero-order valence-corrected chi connectivity index (χ0v) is 15.2. The van der Waals surface area contributed by atoms with Crippen molar-refractivity contribution in [1.82, 2.24) is 4.72 Å². The first-order valence-electron chi connectivity index (χ1n) is 8.31. The lowest BCUT2D eigenvalue weighted by Gasteiger charge is -2.14. The first-order chi connectivity index (χ1) is 12.5. The predicted molar refractivity (Wildman–Crippen MR) is 96.7 cm³/mol. The molecule has 0 saturated heterocycles. The minimum absolute atomic E-state index is 0.0349. The number of para-hydroxylation sites is 1. The van der Waals surface area contributed by atoms with E-state index in [-0.39, 0.29) is 23.3 Å². The monoisotopic (exact) mass is 380 g/mol. The topological polar surface area (TPSA) is 76.7 Å². The fourth-order valence-electron chi connectivity index (χ4n) is 2.39. The van der Waals surface area contributed by atoms with Gasteiger partial charge in [-0.05, 0) is 43.2 Å². The summed E-state index contributed by atoms with van der Waals surface area (Å²) in [5.74, 6) is 0.261. The van der Waals surface area contributed by atoms with Crippen LogP contribution in [-0.2, 0) is 10.0 Å². The van der Waals surface area contributed by atoms with E-state index in [0.29, 0.717) is 18.0 Å². The predicted octanol–water partition coefficient (Wildman–Crippen LogP) is 2.77. The van der Waals surface area contributed by atoms with Crippen LogP contribution in [0.15, 0.2) is 47.4 Å². The summed E-state index contributed by atoms with van der Waals surface area (Å²) < 4.78 is 51.5. The summed E-state index contributed by atoms with van der Waals surface area (Å²) >= 11 is 0. The molecule has 2 aromatic carbocycles. The standard InChI is InChI=1S/C18H21FN2O4S/c1-24-18-9-8-14(26(22,23)21-13-6-7-13)12-16(18)20-10-11-25-17-5-3-2-4-15(17)19/h2-5,8-9,12-13,20-21H,6-7,10-11H2,1H3. The highest BCUT2D eigenvalue weighted by molar-refractivity contribution is 7.89. The summed E-state index contributed by atoms with van der Waals surface area (Å²) in [7, 11) is -2.04. The SMILES string of the molecule is COc1ccc(S(=O)(=O)NC2CC2)cc1NCCOc1ccccc1F. The van der Waals surface area contributed by atoms with Gasteiger partial charge in [-0.1, -0.05) is 12.1 Å². The van der Waals surface area contributed by atoms with Gasteiger partial charge in [-0.15, -0.1) is 0 Å². The number of hydrogen-bond acceptors (Lipinski definition) is 5. The van der Waals surface area contributed by atoms with Crippen LogP contribution >= 0.6 is 0 Å². The minimum Gasteiger partial charge on any atom is -0.495 e. The lowest BCUT2D eigenvalue weighted by Crippen LogP contribution is -2.25. The molecule has 1 aliphatic rings. The molecule has 0 bridgehead atoms. The molecule has 3 rings (SSSR count). The average molecular weight is 380 g/mol. The largest absolute Gasteiger partial charge is 0.495 e. The summed E-state index contributed by atoms with van der Waals surface area (Å²) in [6, 6.07) is 10.8. The molecule has 6 nitrogen and oxygen atoms in total. The number of sulfonamides is 1. The molecule has 1 fully saturated rings. The molecule has 0 amide bonds. The van der Waals surface area contributed by atoms with Crippen molar-refractivity contribution in [2.24, 2.45) is 0 Å². The van der Waals surface area contributed by atoms with Crippen LogP contribution in [0.2, 0.25) is 0 Å².